The number of phenolic OH excluding ortho intramolecular Hbond substituents is 1. The highest BCUT2D eigenvalue weighted by Crippen LogP contribution is 2.14. The summed E-state index contributed by atoms with van der Waals surface area (Å²) in [5, 5.41) is 17.0. The molecule has 2 N–H and O–H groups in total. The van der Waals surface area contributed by atoms with Crippen molar-refractivity contribution in [2.45, 2.75) is 53.4 Å². The molecule has 0 spiro atoms. The van der Waals surface area contributed by atoms with Gasteiger partial charge in [0.15, 0.2) is 0 Å². The fourth-order valence-electron chi connectivity index (χ4n) is 2.38. The Balaban J connectivity index is 0.000000444. The predicted molar refractivity (Wildman–Crippen MR) is 116 cm³/mol. The Labute approximate surface area is 174 Å². The van der Waals surface area contributed by atoms with Crippen LogP contribution in [0.4, 0.5) is 0 Å². The fraction of sp³-hybridized carbons (Fsp3) is 0.417. The van der Waals surface area contributed by atoms with Gasteiger partial charge < -0.3 is 14.9 Å². The second kappa shape index (κ2) is 16.2. The Kier molecular flexibility index (Phi) is 14.6. The van der Waals surface area contributed by atoms with Gasteiger partial charge in [-0.3, -0.25) is 9.59 Å². The number of carboxylic acids is 1. The molecule has 160 valence electrons. The minimum atomic E-state index is -0.671. The van der Waals surface area contributed by atoms with Crippen LogP contribution in [0.3, 0.4) is 0 Å². The minimum Gasteiger partial charge on any atom is -0.508 e. The van der Waals surface area contributed by atoms with Crippen molar-refractivity contribution in [3.63, 3.8) is 0 Å². The summed E-state index contributed by atoms with van der Waals surface area (Å²) in [7, 11) is 0. The van der Waals surface area contributed by atoms with Crippen molar-refractivity contribution in [3.05, 3.63) is 60.7 Å². The third-order valence-electron chi connectivity index (χ3n) is 4.37. The molecule has 0 aliphatic rings. The van der Waals surface area contributed by atoms with Gasteiger partial charge in [-0.1, -0.05) is 64.1 Å². The van der Waals surface area contributed by atoms with Crippen molar-refractivity contribution in [3.8, 4) is 11.5 Å². The van der Waals surface area contributed by atoms with E-state index in [0.29, 0.717) is 11.5 Å². The van der Waals surface area contributed by atoms with E-state index in [1.165, 1.54) is 0 Å². The van der Waals surface area contributed by atoms with Crippen LogP contribution < -0.4 is 4.74 Å². The van der Waals surface area contributed by atoms with E-state index in [4.69, 9.17) is 14.9 Å². The van der Waals surface area contributed by atoms with Crippen LogP contribution in [0.1, 0.15) is 53.4 Å². The summed E-state index contributed by atoms with van der Waals surface area (Å²) in [6, 6.07) is 17.9. The standard InChI is InChI=1S/C12H16O2.C6H12O2.C6H6O/c1-3-10(4-2)12(13)14-11-8-6-5-7-9-11;1-3-5(4-2)6(7)8;7-6-4-2-1-3-5-6/h5-10H,3-4H2,1-2H3;5H,3-4H2,1-2H3,(H,7,8);1-5,7H. The van der Waals surface area contributed by atoms with Crippen molar-refractivity contribution < 1.29 is 24.5 Å². The highest BCUT2D eigenvalue weighted by Gasteiger charge is 2.16. The summed E-state index contributed by atoms with van der Waals surface area (Å²) in [4.78, 5) is 21.7. The predicted octanol–water partition coefficient (Wildman–Crippen LogP) is 5.93. The molecular formula is C24H34O5. The van der Waals surface area contributed by atoms with E-state index >= 15 is 0 Å². The van der Waals surface area contributed by atoms with E-state index in [1.807, 2.05) is 52.0 Å². The monoisotopic (exact) mass is 402 g/mol. The smallest absolute Gasteiger partial charge is 0.314 e. The summed E-state index contributed by atoms with van der Waals surface area (Å²) in [5.41, 5.74) is 0. The number of hydrogen-bond acceptors (Lipinski definition) is 4. The average molecular weight is 403 g/mol. The molecule has 0 amide bonds. The number of para-hydroxylation sites is 2. The van der Waals surface area contributed by atoms with Crippen LogP contribution >= 0.6 is 0 Å². The molecule has 2 rings (SSSR count). The first-order valence-corrected chi connectivity index (χ1v) is 10.1. The number of rotatable bonds is 7. The molecule has 0 atom stereocenters. The Morgan fingerprint density at radius 1 is 0.759 bits per heavy atom. The van der Waals surface area contributed by atoms with E-state index in [-0.39, 0.29) is 17.8 Å². The van der Waals surface area contributed by atoms with Crippen LogP contribution in [-0.4, -0.2) is 22.2 Å². The van der Waals surface area contributed by atoms with Crippen LogP contribution in [-0.2, 0) is 9.59 Å². The number of ether oxygens (including phenoxy) is 1. The summed E-state index contributed by atoms with van der Waals surface area (Å²) >= 11 is 0. The van der Waals surface area contributed by atoms with E-state index < -0.39 is 5.97 Å². The Morgan fingerprint density at radius 3 is 1.45 bits per heavy atom. The number of benzene rings is 2. The second-order valence-corrected chi connectivity index (χ2v) is 6.43. The van der Waals surface area contributed by atoms with Crippen molar-refractivity contribution in [1.29, 1.82) is 0 Å². The maximum atomic E-state index is 11.6. The minimum absolute atomic E-state index is 0.0233. The topological polar surface area (TPSA) is 83.8 Å². The lowest BCUT2D eigenvalue weighted by atomic mass is 10.0. The average Bonchev–Trinajstić information content (AvgIpc) is 2.72. The SMILES string of the molecule is CCC(CC)C(=O)O.CCC(CC)C(=O)Oc1ccccc1.Oc1ccccc1. The quantitative estimate of drug-likeness (QED) is 0.443. The molecule has 0 saturated heterocycles. The highest BCUT2D eigenvalue weighted by atomic mass is 16.5. The van der Waals surface area contributed by atoms with Crippen molar-refractivity contribution >= 4 is 11.9 Å². The van der Waals surface area contributed by atoms with Crippen LogP contribution in [0.25, 0.3) is 0 Å². The van der Waals surface area contributed by atoms with Gasteiger partial charge in [0.05, 0.1) is 11.8 Å². The molecule has 0 aliphatic carbocycles. The number of carboxylic acid groups (broad SMARTS) is 1. The van der Waals surface area contributed by atoms with Gasteiger partial charge >= 0.3 is 11.9 Å². The van der Waals surface area contributed by atoms with Gasteiger partial charge in [-0.15, -0.1) is 0 Å². The second-order valence-electron chi connectivity index (χ2n) is 6.43. The molecule has 0 radical (unpaired) electrons. The van der Waals surface area contributed by atoms with Gasteiger partial charge in [-0.2, -0.15) is 0 Å². The van der Waals surface area contributed by atoms with Gasteiger partial charge in [0.25, 0.3) is 0 Å². The molecule has 0 heterocycles. The lowest BCUT2D eigenvalue weighted by Gasteiger charge is -2.11. The third-order valence-corrected chi connectivity index (χ3v) is 4.37. The van der Waals surface area contributed by atoms with E-state index in [0.717, 1.165) is 25.7 Å². The Hall–Kier alpha value is -2.82. The van der Waals surface area contributed by atoms with Crippen LogP contribution in [0.5, 0.6) is 11.5 Å². The summed E-state index contributed by atoms with van der Waals surface area (Å²) in [6.07, 6.45) is 3.15. The number of aliphatic carboxylic acids is 1. The third kappa shape index (κ3) is 12.3. The van der Waals surface area contributed by atoms with E-state index in [9.17, 15) is 9.59 Å². The zero-order valence-corrected chi connectivity index (χ0v) is 17.9. The summed E-state index contributed by atoms with van der Waals surface area (Å²) in [6.45, 7) is 7.78. The molecule has 0 unspecified atom stereocenters. The van der Waals surface area contributed by atoms with Gasteiger partial charge in [0.1, 0.15) is 11.5 Å². The van der Waals surface area contributed by atoms with Crippen LogP contribution in [0, 0.1) is 11.8 Å². The molecule has 0 bridgehead atoms. The molecule has 0 aliphatic heterocycles. The van der Waals surface area contributed by atoms with Crippen LogP contribution in [0.2, 0.25) is 0 Å². The van der Waals surface area contributed by atoms with Crippen molar-refractivity contribution in [2.24, 2.45) is 11.8 Å². The van der Waals surface area contributed by atoms with Gasteiger partial charge in [-0.25, -0.2) is 0 Å². The molecule has 29 heavy (non-hydrogen) atoms. The number of carbonyl (C=O) groups excluding carboxylic acids is 1. The first-order valence-electron chi connectivity index (χ1n) is 10.1. The summed E-state index contributed by atoms with van der Waals surface area (Å²) in [5.74, 6) is 0.0494. The van der Waals surface area contributed by atoms with E-state index in [1.54, 1.807) is 36.4 Å². The molecule has 5 nitrogen and oxygen atoms in total. The Bertz CT molecular complexity index is 662. The number of hydrogen-bond donors (Lipinski definition) is 2. The molecule has 2 aromatic rings. The Morgan fingerprint density at radius 2 is 1.17 bits per heavy atom. The van der Waals surface area contributed by atoms with Crippen LogP contribution in [0.15, 0.2) is 60.7 Å². The number of phenols is 1. The number of carbonyl (C=O) groups is 2. The first-order chi connectivity index (χ1) is 13.9. The maximum absolute atomic E-state index is 11.6. The molecular weight excluding hydrogens is 368 g/mol. The first kappa shape index (κ1) is 26.2. The van der Waals surface area contributed by atoms with Gasteiger partial charge in [0.2, 0.25) is 0 Å². The molecule has 0 aromatic heterocycles. The van der Waals surface area contributed by atoms with Gasteiger partial charge in [-0.05, 0) is 49.9 Å². The number of esters is 1. The van der Waals surface area contributed by atoms with Crippen molar-refractivity contribution in [1.82, 2.24) is 0 Å². The zero-order chi connectivity index (χ0) is 22.1. The molecule has 0 fully saturated rings. The normalized spacial score (nSPS) is 9.72. The molecule has 5 heteroatoms. The molecule has 0 saturated carbocycles. The lowest BCUT2D eigenvalue weighted by Crippen LogP contribution is -2.19. The zero-order valence-electron chi connectivity index (χ0n) is 17.9. The fourth-order valence-corrected chi connectivity index (χ4v) is 2.38. The lowest BCUT2D eigenvalue weighted by molar-refractivity contribution is -0.142. The summed E-state index contributed by atoms with van der Waals surface area (Å²) < 4.78 is 5.22. The number of aromatic hydroxyl groups is 1. The van der Waals surface area contributed by atoms with E-state index in [2.05, 4.69) is 0 Å². The highest BCUT2D eigenvalue weighted by molar-refractivity contribution is 5.74. The van der Waals surface area contributed by atoms with Crippen molar-refractivity contribution in [2.75, 3.05) is 0 Å². The molecule has 2 aromatic carbocycles. The van der Waals surface area contributed by atoms with Gasteiger partial charge in [0, 0.05) is 0 Å². The largest absolute Gasteiger partial charge is 0.508 e. The maximum Gasteiger partial charge on any atom is 0.314 e.